The molecule has 1 aromatic heterocycles. The number of ether oxygens (including phenoxy) is 1. The SMILES string of the molecule is COc1cc2c(c(C(C)(C)C)c1)-c1c(C3CCCCC3)c3ccc(C(=O)O)cc3n1CC(C(=O)N1C3CCC1CN(C)C3)=C2. The van der Waals surface area contributed by atoms with Crippen molar-refractivity contribution >= 4 is 28.9 Å². The second-order valence-corrected chi connectivity index (χ2v) is 14.6. The maximum atomic E-state index is 14.6. The van der Waals surface area contributed by atoms with E-state index >= 15 is 0 Å². The number of aromatic carboxylic acids is 1. The molecule has 4 aliphatic rings. The number of methoxy groups -OCH3 is 1. The number of fused-ring (bicyclic) bond motifs is 7. The molecule has 2 saturated heterocycles. The molecule has 3 aromatic rings. The zero-order valence-electron chi connectivity index (χ0n) is 26.8. The van der Waals surface area contributed by atoms with Crippen LogP contribution in [0.15, 0.2) is 35.9 Å². The lowest BCUT2D eigenvalue weighted by Gasteiger charge is -2.40. The summed E-state index contributed by atoms with van der Waals surface area (Å²) in [5, 5.41) is 11.1. The van der Waals surface area contributed by atoms with E-state index in [0.29, 0.717) is 12.5 Å². The molecule has 44 heavy (non-hydrogen) atoms. The summed E-state index contributed by atoms with van der Waals surface area (Å²) >= 11 is 0. The van der Waals surface area contributed by atoms with Crippen molar-refractivity contribution in [3.63, 3.8) is 0 Å². The summed E-state index contributed by atoms with van der Waals surface area (Å²) in [5.41, 5.74) is 7.54. The first-order valence-corrected chi connectivity index (χ1v) is 16.4. The first kappa shape index (κ1) is 29.1. The van der Waals surface area contributed by atoms with E-state index in [9.17, 15) is 14.7 Å². The number of piperazine rings is 1. The van der Waals surface area contributed by atoms with E-state index in [-0.39, 0.29) is 29.0 Å². The van der Waals surface area contributed by atoms with Gasteiger partial charge < -0.3 is 24.2 Å². The third-order valence-corrected chi connectivity index (χ3v) is 10.6. The molecule has 1 N–H and O–H groups in total. The number of amides is 1. The Morgan fingerprint density at radius 2 is 1.66 bits per heavy atom. The Labute approximate surface area is 260 Å². The van der Waals surface area contributed by atoms with Gasteiger partial charge in [0.15, 0.2) is 0 Å². The van der Waals surface area contributed by atoms with Crippen LogP contribution in [-0.4, -0.2) is 70.7 Å². The number of hydrogen-bond donors (Lipinski definition) is 1. The minimum atomic E-state index is -0.934. The average Bonchev–Trinajstić information content (AvgIpc) is 3.38. The second kappa shape index (κ2) is 10.8. The van der Waals surface area contributed by atoms with Crippen LogP contribution in [0.5, 0.6) is 5.75 Å². The molecular weight excluding hydrogens is 550 g/mol. The average molecular weight is 596 g/mol. The number of hydrogen-bond acceptors (Lipinski definition) is 4. The molecule has 2 unspecified atom stereocenters. The van der Waals surface area contributed by atoms with Crippen LogP contribution in [0.2, 0.25) is 0 Å². The number of likely N-dealkylation sites (tertiary alicyclic amines) is 1. The number of carboxylic acid groups (broad SMARTS) is 1. The van der Waals surface area contributed by atoms with Gasteiger partial charge in [0.2, 0.25) is 0 Å². The van der Waals surface area contributed by atoms with Crippen LogP contribution in [0.4, 0.5) is 0 Å². The van der Waals surface area contributed by atoms with Gasteiger partial charge in [0, 0.05) is 47.2 Å². The summed E-state index contributed by atoms with van der Waals surface area (Å²) in [6.45, 7) is 8.92. The Kier molecular flexibility index (Phi) is 7.15. The van der Waals surface area contributed by atoms with Gasteiger partial charge in [-0.3, -0.25) is 4.79 Å². The van der Waals surface area contributed by atoms with Gasteiger partial charge in [-0.25, -0.2) is 4.79 Å². The van der Waals surface area contributed by atoms with Gasteiger partial charge in [-0.1, -0.05) is 46.1 Å². The minimum Gasteiger partial charge on any atom is -0.497 e. The molecule has 3 aliphatic heterocycles. The van der Waals surface area contributed by atoms with Gasteiger partial charge in [0.05, 0.1) is 24.9 Å². The third kappa shape index (κ3) is 4.75. The van der Waals surface area contributed by atoms with Crippen LogP contribution in [0.25, 0.3) is 28.2 Å². The van der Waals surface area contributed by atoms with Gasteiger partial charge in [-0.2, -0.15) is 0 Å². The molecule has 7 heteroatoms. The van der Waals surface area contributed by atoms with Crippen LogP contribution in [0, 0.1) is 0 Å². The molecule has 1 saturated carbocycles. The van der Waals surface area contributed by atoms with E-state index in [1.807, 2.05) is 12.1 Å². The first-order valence-electron chi connectivity index (χ1n) is 16.4. The molecule has 2 aromatic carbocycles. The quantitative estimate of drug-likeness (QED) is 0.350. The number of rotatable bonds is 4. The topological polar surface area (TPSA) is 75.0 Å². The number of benzene rings is 2. The Balaban J connectivity index is 1.53. The van der Waals surface area contributed by atoms with E-state index in [0.717, 1.165) is 77.8 Å². The van der Waals surface area contributed by atoms with Crippen molar-refractivity contribution in [3.8, 4) is 17.0 Å². The Morgan fingerprint density at radius 3 is 2.30 bits per heavy atom. The lowest BCUT2D eigenvalue weighted by molar-refractivity contribution is -0.132. The van der Waals surface area contributed by atoms with Gasteiger partial charge >= 0.3 is 5.97 Å². The summed E-state index contributed by atoms with van der Waals surface area (Å²) < 4.78 is 8.15. The van der Waals surface area contributed by atoms with Crippen molar-refractivity contribution in [1.29, 1.82) is 0 Å². The highest BCUT2D eigenvalue weighted by Crippen LogP contribution is 2.50. The molecular formula is C37H45N3O4. The van der Waals surface area contributed by atoms with E-state index in [1.54, 1.807) is 13.2 Å². The van der Waals surface area contributed by atoms with Crippen LogP contribution < -0.4 is 4.74 Å². The smallest absolute Gasteiger partial charge is 0.335 e. The zero-order valence-corrected chi connectivity index (χ0v) is 26.8. The molecule has 0 radical (unpaired) electrons. The van der Waals surface area contributed by atoms with Crippen molar-refractivity contribution in [2.75, 3.05) is 27.2 Å². The van der Waals surface area contributed by atoms with E-state index < -0.39 is 5.97 Å². The van der Waals surface area contributed by atoms with Gasteiger partial charge in [-0.15, -0.1) is 0 Å². The zero-order chi connectivity index (χ0) is 30.9. The number of likely N-dealkylation sites (N-methyl/N-ethyl adjacent to an activating group) is 1. The maximum Gasteiger partial charge on any atom is 0.335 e. The summed E-state index contributed by atoms with van der Waals surface area (Å²) in [4.78, 5) is 31.4. The highest BCUT2D eigenvalue weighted by Gasteiger charge is 2.43. The fraction of sp³-hybridized carbons (Fsp3) is 0.514. The molecule has 1 amide bonds. The summed E-state index contributed by atoms with van der Waals surface area (Å²) in [7, 11) is 3.86. The molecule has 7 rings (SSSR count). The van der Waals surface area contributed by atoms with Crippen LogP contribution in [0.1, 0.15) is 98.7 Å². The molecule has 0 spiro atoms. The predicted octanol–water partition coefficient (Wildman–Crippen LogP) is 7.06. The van der Waals surface area contributed by atoms with E-state index in [1.165, 1.54) is 30.4 Å². The molecule has 1 aliphatic carbocycles. The lowest BCUT2D eigenvalue weighted by atomic mass is 9.77. The first-order chi connectivity index (χ1) is 21.0. The number of aromatic nitrogens is 1. The molecule has 3 fully saturated rings. The highest BCUT2D eigenvalue weighted by atomic mass is 16.5. The minimum absolute atomic E-state index is 0.111. The van der Waals surface area contributed by atoms with E-state index in [4.69, 9.17) is 4.74 Å². The number of nitrogens with zero attached hydrogens (tertiary/aromatic N) is 3. The number of carbonyl (C=O) groups is 2. The molecule has 2 atom stereocenters. The Bertz CT molecular complexity index is 1670. The van der Waals surface area contributed by atoms with Crippen molar-refractivity contribution in [2.45, 2.75) is 95.7 Å². The maximum absolute atomic E-state index is 14.6. The molecule has 232 valence electrons. The molecule has 7 nitrogen and oxygen atoms in total. The number of carbonyl (C=O) groups excluding carboxylic acids is 1. The van der Waals surface area contributed by atoms with Gasteiger partial charge in [0.25, 0.3) is 5.91 Å². The van der Waals surface area contributed by atoms with Crippen molar-refractivity contribution < 1.29 is 19.4 Å². The van der Waals surface area contributed by atoms with Crippen molar-refractivity contribution in [2.24, 2.45) is 0 Å². The number of carboxylic acids is 1. The van der Waals surface area contributed by atoms with Crippen LogP contribution >= 0.6 is 0 Å². The monoisotopic (exact) mass is 595 g/mol. The lowest BCUT2D eigenvalue weighted by Crippen LogP contribution is -2.55. The molecule has 2 bridgehead atoms. The van der Waals surface area contributed by atoms with Gasteiger partial charge in [-0.05, 0) is 91.1 Å². The Morgan fingerprint density at radius 1 is 0.955 bits per heavy atom. The highest BCUT2D eigenvalue weighted by molar-refractivity contribution is 6.04. The Hall–Kier alpha value is -3.58. The second-order valence-electron chi connectivity index (χ2n) is 14.6. The normalized spacial score (nSPS) is 22.4. The largest absolute Gasteiger partial charge is 0.497 e. The third-order valence-electron chi connectivity index (χ3n) is 10.6. The fourth-order valence-electron chi connectivity index (χ4n) is 8.62. The summed E-state index contributed by atoms with van der Waals surface area (Å²) in [6.07, 6.45) is 10.1. The van der Waals surface area contributed by atoms with Crippen LogP contribution in [-0.2, 0) is 16.8 Å². The van der Waals surface area contributed by atoms with Crippen molar-refractivity contribution in [3.05, 3.63) is 58.2 Å². The van der Waals surface area contributed by atoms with Crippen molar-refractivity contribution in [1.82, 2.24) is 14.4 Å². The standard InChI is InChI=1S/C37H45N3O4/c1-37(2,3)30-18-28(44-5)16-24-15-25(35(41)40-26-12-13-27(40)21-38(4)20-26)19-39-31-17-23(36(42)43)11-14-29(31)32(34(39)33(24)30)22-9-7-6-8-10-22/h11,14-18,22,26-27H,6-10,12-13,19-21H2,1-5H3,(H,42,43). The van der Waals surface area contributed by atoms with Crippen LogP contribution in [0.3, 0.4) is 0 Å². The fourth-order valence-corrected chi connectivity index (χ4v) is 8.62. The summed E-state index contributed by atoms with van der Waals surface area (Å²) in [5.74, 6) is 0.344. The summed E-state index contributed by atoms with van der Waals surface area (Å²) in [6, 6.07) is 10.3. The van der Waals surface area contributed by atoms with E-state index in [2.05, 4.69) is 60.4 Å². The molecule has 4 heterocycles. The van der Waals surface area contributed by atoms with Gasteiger partial charge in [0.1, 0.15) is 5.75 Å². The predicted molar refractivity (Wildman–Crippen MR) is 175 cm³/mol.